The summed E-state index contributed by atoms with van der Waals surface area (Å²) in [7, 11) is 0. The molecule has 1 heterocycles. The van der Waals surface area contributed by atoms with Crippen LogP contribution in [0.3, 0.4) is 0 Å². The standard InChI is InChI=1S/C18H17Cl2N3O/c19-15-3-1-13(2-4-15)7-9-21-18(24)8-10-23-17-6-5-16(20)11-14(17)12-22-23/h1-6,11-12H,7-10H2,(H,21,24). The molecule has 2 aromatic carbocycles. The first-order valence-electron chi connectivity index (χ1n) is 7.74. The van der Waals surface area contributed by atoms with Crippen molar-refractivity contribution < 1.29 is 4.79 Å². The van der Waals surface area contributed by atoms with Crippen molar-refractivity contribution in [2.45, 2.75) is 19.4 Å². The minimum absolute atomic E-state index is 0.0153. The first-order chi connectivity index (χ1) is 11.6. The van der Waals surface area contributed by atoms with Gasteiger partial charge in [-0.15, -0.1) is 0 Å². The number of carbonyl (C=O) groups is 1. The number of hydrogen-bond acceptors (Lipinski definition) is 2. The topological polar surface area (TPSA) is 46.9 Å². The zero-order valence-electron chi connectivity index (χ0n) is 13.0. The number of amides is 1. The number of aromatic nitrogens is 2. The van der Waals surface area contributed by atoms with E-state index in [9.17, 15) is 4.79 Å². The van der Waals surface area contributed by atoms with Crippen molar-refractivity contribution in [1.29, 1.82) is 0 Å². The number of carbonyl (C=O) groups excluding carboxylic acids is 1. The maximum Gasteiger partial charge on any atom is 0.221 e. The molecule has 0 unspecified atom stereocenters. The van der Waals surface area contributed by atoms with Gasteiger partial charge in [-0.25, -0.2) is 0 Å². The highest BCUT2D eigenvalue weighted by molar-refractivity contribution is 6.31. The summed E-state index contributed by atoms with van der Waals surface area (Å²) in [5.41, 5.74) is 2.13. The van der Waals surface area contributed by atoms with Gasteiger partial charge in [-0.3, -0.25) is 9.48 Å². The first kappa shape index (κ1) is 16.8. The number of nitrogens with one attached hydrogen (secondary N) is 1. The molecular weight excluding hydrogens is 345 g/mol. The lowest BCUT2D eigenvalue weighted by atomic mass is 10.1. The number of fused-ring (bicyclic) bond motifs is 1. The van der Waals surface area contributed by atoms with Crippen molar-refractivity contribution >= 4 is 40.0 Å². The summed E-state index contributed by atoms with van der Waals surface area (Å²) >= 11 is 11.8. The van der Waals surface area contributed by atoms with E-state index in [1.165, 1.54) is 0 Å². The molecule has 0 saturated heterocycles. The number of aryl methyl sites for hydroxylation is 1. The molecule has 0 aliphatic carbocycles. The van der Waals surface area contributed by atoms with Gasteiger partial charge in [0.2, 0.25) is 5.91 Å². The number of hydrogen-bond donors (Lipinski definition) is 1. The molecule has 3 aromatic rings. The van der Waals surface area contributed by atoms with Gasteiger partial charge < -0.3 is 5.32 Å². The highest BCUT2D eigenvalue weighted by Crippen LogP contribution is 2.19. The Morgan fingerprint density at radius 3 is 2.62 bits per heavy atom. The maximum absolute atomic E-state index is 12.0. The van der Waals surface area contributed by atoms with Crippen LogP contribution < -0.4 is 5.32 Å². The third-order valence-electron chi connectivity index (χ3n) is 3.80. The van der Waals surface area contributed by atoms with E-state index in [-0.39, 0.29) is 5.91 Å². The minimum Gasteiger partial charge on any atom is -0.356 e. The predicted octanol–water partition coefficient (Wildman–Crippen LogP) is 4.09. The summed E-state index contributed by atoms with van der Waals surface area (Å²) in [6, 6.07) is 13.3. The van der Waals surface area contributed by atoms with Crippen molar-refractivity contribution in [3.8, 4) is 0 Å². The molecular formula is C18H17Cl2N3O. The molecule has 4 nitrogen and oxygen atoms in total. The van der Waals surface area contributed by atoms with Crippen LogP contribution >= 0.6 is 23.2 Å². The van der Waals surface area contributed by atoms with E-state index in [4.69, 9.17) is 23.2 Å². The summed E-state index contributed by atoms with van der Waals surface area (Å²) in [5.74, 6) is 0.0153. The van der Waals surface area contributed by atoms with Crippen LogP contribution in [0.4, 0.5) is 0 Å². The fourth-order valence-electron chi connectivity index (χ4n) is 2.53. The molecule has 0 spiro atoms. The number of nitrogens with zero attached hydrogens (tertiary/aromatic N) is 2. The lowest BCUT2D eigenvalue weighted by Gasteiger charge is -2.07. The second-order valence-electron chi connectivity index (χ2n) is 5.55. The van der Waals surface area contributed by atoms with Crippen molar-refractivity contribution in [1.82, 2.24) is 15.1 Å². The Hall–Kier alpha value is -2.04. The monoisotopic (exact) mass is 361 g/mol. The van der Waals surface area contributed by atoms with Gasteiger partial charge in [0.15, 0.2) is 0 Å². The third-order valence-corrected chi connectivity index (χ3v) is 4.29. The van der Waals surface area contributed by atoms with Crippen LogP contribution in [0.2, 0.25) is 10.0 Å². The first-order valence-corrected chi connectivity index (χ1v) is 8.49. The van der Waals surface area contributed by atoms with Gasteiger partial charge in [-0.05, 0) is 42.3 Å². The SMILES string of the molecule is O=C(CCn1ncc2cc(Cl)ccc21)NCCc1ccc(Cl)cc1. The Morgan fingerprint density at radius 2 is 1.83 bits per heavy atom. The van der Waals surface area contributed by atoms with Crippen LogP contribution in [0.25, 0.3) is 10.9 Å². The van der Waals surface area contributed by atoms with Gasteiger partial charge in [0.25, 0.3) is 0 Å². The van der Waals surface area contributed by atoms with Gasteiger partial charge in [0.1, 0.15) is 0 Å². The van der Waals surface area contributed by atoms with E-state index in [0.717, 1.165) is 27.9 Å². The molecule has 0 radical (unpaired) electrons. The van der Waals surface area contributed by atoms with Crippen LogP contribution in [0.15, 0.2) is 48.7 Å². The lowest BCUT2D eigenvalue weighted by molar-refractivity contribution is -0.121. The number of halogens is 2. The van der Waals surface area contributed by atoms with Crippen LogP contribution in [0.1, 0.15) is 12.0 Å². The second-order valence-corrected chi connectivity index (χ2v) is 6.42. The average Bonchev–Trinajstić information content (AvgIpc) is 2.97. The molecule has 1 aromatic heterocycles. The average molecular weight is 362 g/mol. The summed E-state index contributed by atoms with van der Waals surface area (Å²) in [6.45, 7) is 1.15. The Kier molecular flexibility index (Phi) is 5.38. The van der Waals surface area contributed by atoms with Crippen LogP contribution in [-0.2, 0) is 17.8 Å². The molecule has 1 amide bonds. The van der Waals surface area contributed by atoms with Crippen LogP contribution in [-0.4, -0.2) is 22.2 Å². The van der Waals surface area contributed by atoms with Gasteiger partial charge >= 0.3 is 0 Å². The third kappa shape index (κ3) is 4.28. The molecule has 6 heteroatoms. The Bertz CT molecular complexity index is 843. The molecule has 3 rings (SSSR count). The molecule has 0 bridgehead atoms. The number of rotatable bonds is 6. The van der Waals surface area contributed by atoms with Crippen molar-refractivity contribution in [2.24, 2.45) is 0 Å². The minimum atomic E-state index is 0.0153. The van der Waals surface area contributed by atoms with Crippen molar-refractivity contribution in [3.63, 3.8) is 0 Å². The van der Waals surface area contributed by atoms with Crippen molar-refractivity contribution in [3.05, 3.63) is 64.3 Å². The van der Waals surface area contributed by atoms with E-state index in [0.29, 0.717) is 24.5 Å². The molecule has 0 fully saturated rings. The summed E-state index contributed by atoms with van der Waals surface area (Å²) in [6.07, 6.45) is 2.94. The van der Waals surface area contributed by atoms with E-state index >= 15 is 0 Å². The fourth-order valence-corrected chi connectivity index (χ4v) is 2.84. The van der Waals surface area contributed by atoms with E-state index in [1.807, 2.05) is 47.1 Å². The molecule has 0 atom stereocenters. The molecule has 124 valence electrons. The van der Waals surface area contributed by atoms with Crippen LogP contribution in [0.5, 0.6) is 0 Å². The summed E-state index contributed by atoms with van der Waals surface area (Å²) in [5, 5.41) is 9.62. The van der Waals surface area contributed by atoms with Crippen molar-refractivity contribution in [2.75, 3.05) is 6.54 Å². The molecule has 24 heavy (non-hydrogen) atoms. The van der Waals surface area contributed by atoms with E-state index in [2.05, 4.69) is 10.4 Å². The normalized spacial score (nSPS) is 10.9. The maximum atomic E-state index is 12.0. The summed E-state index contributed by atoms with van der Waals surface area (Å²) in [4.78, 5) is 12.0. The zero-order chi connectivity index (χ0) is 16.9. The highest BCUT2D eigenvalue weighted by Gasteiger charge is 2.06. The lowest BCUT2D eigenvalue weighted by Crippen LogP contribution is -2.26. The van der Waals surface area contributed by atoms with Gasteiger partial charge in [-0.1, -0.05) is 35.3 Å². The largest absolute Gasteiger partial charge is 0.356 e. The molecule has 0 saturated carbocycles. The fraction of sp³-hybridized carbons (Fsp3) is 0.222. The quantitative estimate of drug-likeness (QED) is 0.718. The Morgan fingerprint density at radius 1 is 1.08 bits per heavy atom. The molecule has 0 aliphatic heterocycles. The second kappa shape index (κ2) is 7.69. The van der Waals surface area contributed by atoms with Gasteiger partial charge in [-0.2, -0.15) is 5.10 Å². The zero-order valence-corrected chi connectivity index (χ0v) is 14.5. The Labute approximate surface area is 150 Å². The summed E-state index contributed by atoms with van der Waals surface area (Å²) < 4.78 is 1.82. The molecule has 0 aliphatic rings. The molecule has 1 N–H and O–H groups in total. The smallest absolute Gasteiger partial charge is 0.221 e. The van der Waals surface area contributed by atoms with Crippen LogP contribution in [0, 0.1) is 0 Å². The Balaban J connectivity index is 1.47. The predicted molar refractivity (Wildman–Crippen MR) is 97.5 cm³/mol. The van der Waals surface area contributed by atoms with E-state index in [1.54, 1.807) is 6.20 Å². The van der Waals surface area contributed by atoms with E-state index < -0.39 is 0 Å². The van der Waals surface area contributed by atoms with Gasteiger partial charge in [0, 0.05) is 28.4 Å². The highest BCUT2D eigenvalue weighted by atomic mass is 35.5. The number of benzene rings is 2. The van der Waals surface area contributed by atoms with Gasteiger partial charge in [0.05, 0.1) is 18.3 Å².